The number of nitrogens with two attached hydrogens (primary N) is 2. The highest BCUT2D eigenvalue weighted by atomic mass is 16.5. The van der Waals surface area contributed by atoms with Crippen LogP contribution in [0.25, 0.3) is 0 Å². The fourth-order valence-corrected chi connectivity index (χ4v) is 5.38. The molecule has 1 aliphatic rings. The van der Waals surface area contributed by atoms with E-state index in [1.807, 2.05) is 0 Å². The minimum absolute atomic E-state index is 0.0276. The first-order valence-corrected chi connectivity index (χ1v) is 11.8. The van der Waals surface area contributed by atoms with Crippen molar-refractivity contribution >= 4 is 23.5 Å². The Kier molecular flexibility index (Phi) is 7.82. The molecule has 0 aromatic heterocycles. The minimum atomic E-state index is -1.94. The van der Waals surface area contributed by atoms with Crippen LogP contribution in [0.3, 0.4) is 0 Å². The summed E-state index contributed by atoms with van der Waals surface area (Å²) in [5.74, 6) is -2.23. The number of phenolic OH excluding ortho intramolecular Hbond substituents is 1. The molecule has 11 heteroatoms. The van der Waals surface area contributed by atoms with Crippen LogP contribution in [0.5, 0.6) is 5.75 Å². The van der Waals surface area contributed by atoms with Crippen molar-refractivity contribution in [3.8, 4) is 5.75 Å². The van der Waals surface area contributed by atoms with Crippen LogP contribution in [-0.2, 0) is 4.74 Å². The van der Waals surface area contributed by atoms with Crippen LogP contribution in [0, 0.1) is 12.8 Å². The lowest BCUT2D eigenvalue weighted by Gasteiger charge is -2.46. The molecule has 3 rings (SSSR count). The molecule has 9 N–H and O–H groups in total. The van der Waals surface area contributed by atoms with E-state index in [1.165, 1.54) is 26.8 Å². The highest BCUT2D eigenvalue weighted by molar-refractivity contribution is 5.95. The molecule has 200 valence electrons. The van der Waals surface area contributed by atoms with Gasteiger partial charge in [0.15, 0.2) is 5.78 Å². The molecule has 1 saturated carbocycles. The number of anilines is 1. The number of rotatable bonds is 8. The highest BCUT2D eigenvalue weighted by Gasteiger charge is 2.69. The molecule has 0 heterocycles. The van der Waals surface area contributed by atoms with Crippen molar-refractivity contribution in [3.63, 3.8) is 0 Å². The zero-order valence-electron chi connectivity index (χ0n) is 21.2. The molecule has 0 spiro atoms. The van der Waals surface area contributed by atoms with E-state index < -0.39 is 53.9 Å². The summed E-state index contributed by atoms with van der Waals surface area (Å²) in [7, 11) is 0. The lowest BCUT2D eigenvalue weighted by atomic mass is 9.75. The third kappa shape index (κ3) is 4.97. The molecule has 2 aromatic carbocycles. The summed E-state index contributed by atoms with van der Waals surface area (Å²) in [6, 6.07) is 8.14. The van der Waals surface area contributed by atoms with Crippen LogP contribution in [0.1, 0.15) is 47.1 Å². The number of primary amides is 1. The molecule has 6 unspecified atom stereocenters. The van der Waals surface area contributed by atoms with Gasteiger partial charge in [0.1, 0.15) is 16.9 Å². The van der Waals surface area contributed by atoms with Crippen molar-refractivity contribution in [1.29, 1.82) is 0 Å². The van der Waals surface area contributed by atoms with Gasteiger partial charge in [-0.25, -0.2) is 9.59 Å². The van der Waals surface area contributed by atoms with Crippen molar-refractivity contribution < 1.29 is 34.4 Å². The lowest BCUT2D eigenvalue weighted by Crippen LogP contribution is -2.74. The Morgan fingerprint density at radius 2 is 1.84 bits per heavy atom. The summed E-state index contributed by atoms with van der Waals surface area (Å²) in [5, 5.41) is 38.4. The number of aliphatic hydroxyl groups excluding tert-OH is 1. The third-order valence-corrected chi connectivity index (χ3v) is 7.35. The van der Waals surface area contributed by atoms with Crippen LogP contribution in [-0.4, -0.2) is 69.0 Å². The average Bonchev–Trinajstić information content (AvgIpc) is 2.95. The number of amides is 2. The predicted molar refractivity (Wildman–Crippen MR) is 136 cm³/mol. The number of phenols is 1. The number of urea groups is 1. The molecular formula is C26H34N4O7. The summed E-state index contributed by atoms with van der Waals surface area (Å²) in [5.41, 5.74) is 9.59. The van der Waals surface area contributed by atoms with E-state index >= 15 is 0 Å². The summed E-state index contributed by atoms with van der Waals surface area (Å²) in [6.45, 7) is 5.39. The molecule has 1 fully saturated rings. The van der Waals surface area contributed by atoms with E-state index in [9.17, 15) is 29.7 Å². The number of nitrogens with one attached hydrogen (secondary N) is 2. The maximum Gasteiger partial charge on any atom is 0.342 e. The van der Waals surface area contributed by atoms with E-state index in [2.05, 4.69) is 10.6 Å². The predicted octanol–water partition coefficient (Wildman–Crippen LogP) is 1.04. The molecule has 0 radical (unpaired) electrons. The van der Waals surface area contributed by atoms with Gasteiger partial charge >= 0.3 is 12.0 Å². The van der Waals surface area contributed by atoms with Crippen molar-refractivity contribution in [2.75, 3.05) is 11.9 Å². The van der Waals surface area contributed by atoms with Gasteiger partial charge in [0.2, 0.25) is 0 Å². The second-order valence-corrected chi connectivity index (χ2v) is 9.69. The van der Waals surface area contributed by atoms with Gasteiger partial charge in [-0.1, -0.05) is 24.3 Å². The number of aromatic hydroxyl groups is 1. The first kappa shape index (κ1) is 27.9. The molecule has 37 heavy (non-hydrogen) atoms. The van der Waals surface area contributed by atoms with Gasteiger partial charge in [-0.2, -0.15) is 0 Å². The second kappa shape index (κ2) is 10.4. The second-order valence-electron chi connectivity index (χ2n) is 9.69. The summed E-state index contributed by atoms with van der Waals surface area (Å²) < 4.78 is 5.53. The molecular weight excluding hydrogens is 480 g/mol. The van der Waals surface area contributed by atoms with E-state index in [0.29, 0.717) is 16.8 Å². The Labute approximate surface area is 214 Å². The number of aliphatic hydroxyl groups is 2. The first-order valence-electron chi connectivity index (χ1n) is 11.8. The summed E-state index contributed by atoms with van der Waals surface area (Å²) >= 11 is 0. The van der Waals surface area contributed by atoms with E-state index in [0.717, 1.165) is 0 Å². The minimum Gasteiger partial charge on any atom is -0.507 e. The third-order valence-electron chi connectivity index (χ3n) is 7.35. The number of hydrogen-bond acceptors (Lipinski definition) is 9. The molecule has 6 atom stereocenters. The maximum absolute atomic E-state index is 12.9. The lowest BCUT2D eigenvalue weighted by molar-refractivity contribution is -0.101. The monoisotopic (exact) mass is 514 g/mol. The Morgan fingerprint density at radius 1 is 1.19 bits per heavy atom. The summed E-state index contributed by atoms with van der Waals surface area (Å²) in [4.78, 5) is 36.8. The van der Waals surface area contributed by atoms with Crippen molar-refractivity contribution in [2.45, 2.75) is 57.0 Å². The zero-order chi connectivity index (χ0) is 27.7. The van der Waals surface area contributed by atoms with Gasteiger partial charge < -0.3 is 42.2 Å². The number of Topliss-reactive ketones (excluding diaryl/α,β-unsaturated/α-hetero) is 1. The van der Waals surface area contributed by atoms with Gasteiger partial charge in [-0.3, -0.25) is 4.79 Å². The maximum atomic E-state index is 12.9. The van der Waals surface area contributed by atoms with Crippen molar-refractivity contribution in [2.24, 2.45) is 17.4 Å². The Balaban J connectivity index is 2.03. The van der Waals surface area contributed by atoms with Crippen LogP contribution >= 0.6 is 0 Å². The molecule has 2 aromatic rings. The average molecular weight is 515 g/mol. The van der Waals surface area contributed by atoms with Crippen LogP contribution in [0.15, 0.2) is 42.5 Å². The highest BCUT2D eigenvalue weighted by Crippen LogP contribution is 2.46. The number of hydrogen-bond donors (Lipinski definition) is 7. The SMILES string of the molecule is CC(=O)c1cccc(NC2C(COC(=O)c3c(C)cccc3O)C(C)(O)C(NC(N)=O)(C(C)O)C2N)c1. The summed E-state index contributed by atoms with van der Waals surface area (Å²) in [6.07, 6.45) is -1.38. The quantitative estimate of drug-likeness (QED) is 0.199. The van der Waals surface area contributed by atoms with Gasteiger partial charge in [-0.05, 0) is 51.5 Å². The van der Waals surface area contributed by atoms with E-state index in [-0.39, 0.29) is 17.1 Å². The fraction of sp³-hybridized carbons (Fsp3) is 0.423. The largest absolute Gasteiger partial charge is 0.507 e. The number of carbonyl (C=O) groups is 3. The zero-order valence-corrected chi connectivity index (χ0v) is 21.2. The molecule has 0 saturated heterocycles. The number of benzene rings is 2. The van der Waals surface area contributed by atoms with Gasteiger partial charge in [-0.15, -0.1) is 0 Å². The van der Waals surface area contributed by atoms with Gasteiger partial charge in [0, 0.05) is 17.2 Å². The smallest absolute Gasteiger partial charge is 0.342 e. The molecule has 2 amide bonds. The Bertz CT molecular complexity index is 1180. The fourth-order valence-electron chi connectivity index (χ4n) is 5.38. The van der Waals surface area contributed by atoms with Gasteiger partial charge in [0.05, 0.1) is 30.4 Å². The Hall–Kier alpha value is -3.67. The van der Waals surface area contributed by atoms with Crippen molar-refractivity contribution in [1.82, 2.24) is 5.32 Å². The first-order chi connectivity index (χ1) is 17.2. The van der Waals surface area contributed by atoms with Gasteiger partial charge in [0.25, 0.3) is 0 Å². The number of carbonyl (C=O) groups excluding carboxylic acids is 3. The van der Waals surface area contributed by atoms with Crippen LogP contribution in [0.2, 0.25) is 0 Å². The van der Waals surface area contributed by atoms with Crippen LogP contribution < -0.4 is 22.1 Å². The normalized spacial score (nSPS) is 27.8. The standard InChI is InChI=1S/C26H34N4O7/c1-13-7-5-10-19(33)20(13)23(34)37-12-18-21(29-17-9-6-8-16(11-17)14(2)31)22(27)26(15(3)32,25(18,4)36)30-24(28)35/h5-11,15,18,21-22,29,32-33,36H,12,27H2,1-4H3,(H3,28,30,35). The Morgan fingerprint density at radius 3 is 2.41 bits per heavy atom. The molecule has 11 nitrogen and oxygen atoms in total. The number of ether oxygens (including phenoxy) is 1. The number of aryl methyl sites for hydroxylation is 1. The molecule has 0 bridgehead atoms. The number of ketones is 1. The van der Waals surface area contributed by atoms with Crippen molar-refractivity contribution in [3.05, 3.63) is 59.2 Å². The topological polar surface area (TPSA) is 197 Å². The number of esters is 1. The molecule has 1 aliphatic carbocycles. The van der Waals surface area contributed by atoms with E-state index in [4.69, 9.17) is 16.2 Å². The van der Waals surface area contributed by atoms with Crippen LogP contribution in [0.4, 0.5) is 10.5 Å². The van der Waals surface area contributed by atoms with E-state index in [1.54, 1.807) is 43.3 Å². The molecule has 0 aliphatic heterocycles.